The number of carbonyl (C=O) groups is 2. The van der Waals surface area contributed by atoms with Gasteiger partial charge in [-0.15, -0.1) is 0 Å². The molecule has 0 aromatic carbocycles. The molecule has 0 radical (unpaired) electrons. The summed E-state index contributed by atoms with van der Waals surface area (Å²) in [4.78, 5) is 31.8. The Morgan fingerprint density at radius 2 is 1.76 bits per heavy atom. The molecule has 3 heterocycles. The Balaban J connectivity index is 1.46. The third-order valence-electron chi connectivity index (χ3n) is 8.73. The third kappa shape index (κ3) is 4.91. The van der Waals surface area contributed by atoms with Crippen LogP contribution in [0, 0.1) is 19.8 Å². The summed E-state index contributed by atoms with van der Waals surface area (Å²) in [5.74, 6) is 0.834. The quantitative estimate of drug-likeness (QED) is 0.623. The minimum atomic E-state index is -0.677. The SMILES string of the molecule is CCCCN1C(=O)C(CC2CCCCC2)NC(=O)C12CCN(Cc1c(C)nn(CC)c1C)CC2. The van der Waals surface area contributed by atoms with E-state index in [2.05, 4.69) is 47.7 Å². The normalized spacial score (nSPS) is 24.1. The van der Waals surface area contributed by atoms with Crippen molar-refractivity contribution in [2.24, 2.45) is 5.92 Å². The van der Waals surface area contributed by atoms with Crippen molar-refractivity contribution in [3.63, 3.8) is 0 Å². The van der Waals surface area contributed by atoms with Gasteiger partial charge in [0, 0.05) is 44.0 Å². The second kappa shape index (κ2) is 10.8. The van der Waals surface area contributed by atoms with E-state index >= 15 is 0 Å². The number of aryl methyl sites for hydroxylation is 2. The first-order valence-electron chi connectivity index (χ1n) is 13.8. The van der Waals surface area contributed by atoms with Crippen LogP contribution in [0.25, 0.3) is 0 Å². The molecule has 190 valence electrons. The highest BCUT2D eigenvalue weighted by Crippen LogP contribution is 2.36. The summed E-state index contributed by atoms with van der Waals surface area (Å²) in [6.45, 7) is 12.6. The fourth-order valence-corrected chi connectivity index (χ4v) is 6.50. The maximum absolute atomic E-state index is 13.7. The van der Waals surface area contributed by atoms with Crippen molar-refractivity contribution in [1.29, 1.82) is 0 Å². The highest BCUT2D eigenvalue weighted by molar-refractivity contribution is 6.00. The monoisotopic (exact) mass is 471 g/mol. The number of unbranched alkanes of at least 4 members (excludes halogenated alkanes) is 1. The summed E-state index contributed by atoms with van der Waals surface area (Å²) in [6, 6.07) is -0.332. The molecule has 1 atom stereocenters. The van der Waals surface area contributed by atoms with Gasteiger partial charge in [-0.05, 0) is 52.4 Å². The Kier molecular flexibility index (Phi) is 8.01. The lowest BCUT2D eigenvalue weighted by Crippen LogP contribution is -2.73. The Morgan fingerprint density at radius 1 is 1.06 bits per heavy atom. The molecule has 1 unspecified atom stereocenters. The number of piperidine rings is 1. The van der Waals surface area contributed by atoms with Crippen molar-refractivity contribution in [3.05, 3.63) is 17.0 Å². The predicted octanol–water partition coefficient (Wildman–Crippen LogP) is 3.95. The first kappa shape index (κ1) is 25.2. The van der Waals surface area contributed by atoms with E-state index in [0.29, 0.717) is 25.3 Å². The summed E-state index contributed by atoms with van der Waals surface area (Å²) in [7, 11) is 0. The van der Waals surface area contributed by atoms with E-state index in [9.17, 15) is 9.59 Å². The molecule has 1 saturated carbocycles. The average Bonchev–Trinajstić information content (AvgIpc) is 3.12. The average molecular weight is 472 g/mol. The number of piperazine rings is 1. The summed E-state index contributed by atoms with van der Waals surface area (Å²) in [5.41, 5.74) is 2.96. The van der Waals surface area contributed by atoms with Gasteiger partial charge < -0.3 is 10.2 Å². The van der Waals surface area contributed by atoms with Gasteiger partial charge in [0.25, 0.3) is 0 Å². The first-order chi connectivity index (χ1) is 16.4. The van der Waals surface area contributed by atoms with E-state index < -0.39 is 5.54 Å². The maximum atomic E-state index is 13.7. The van der Waals surface area contributed by atoms with Crippen LogP contribution in [0.2, 0.25) is 0 Å². The number of aromatic nitrogens is 2. The van der Waals surface area contributed by atoms with E-state index in [-0.39, 0.29) is 17.9 Å². The van der Waals surface area contributed by atoms with Gasteiger partial charge in [-0.3, -0.25) is 19.2 Å². The van der Waals surface area contributed by atoms with Crippen LogP contribution >= 0.6 is 0 Å². The Bertz CT molecular complexity index is 865. The maximum Gasteiger partial charge on any atom is 0.246 e. The molecular weight excluding hydrogens is 426 g/mol. The van der Waals surface area contributed by atoms with Crippen LogP contribution in [0.4, 0.5) is 0 Å². The Morgan fingerprint density at radius 3 is 2.38 bits per heavy atom. The summed E-state index contributed by atoms with van der Waals surface area (Å²) in [6.07, 6.45) is 10.4. The topological polar surface area (TPSA) is 70.5 Å². The fraction of sp³-hybridized carbons (Fsp3) is 0.815. The van der Waals surface area contributed by atoms with Gasteiger partial charge in [0.05, 0.1) is 5.69 Å². The lowest BCUT2D eigenvalue weighted by molar-refractivity contribution is -0.162. The molecule has 3 aliphatic rings. The van der Waals surface area contributed by atoms with Crippen LogP contribution in [0.5, 0.6) is 0 Å². The largest absolute Gasteiger partial charge is 0.342 e. The molecule has 2 saturated heterocycles. The predicted molar refractivity (Wildman–Crippen MR) is 134 cm³/mol. The van der Waals surface area contributed by atoms with E-state index in [1.54, 1.807) is 0 Å². The number of hydrogen-bond donors (Lipinski definition) is 1. The van der Waals surface area contributed by atoms with Gasteiger partial charge in [0.15, 0.2) is 0 Å². The lowest BCUT2D eigenvalue weighted by atomic mass is 9.79. The summed E-state index contributed by atoms with van der Waals surface area (Å²) in [5, 5.41) is 7.89. The van der Waals surface area contributed by atoms with Crippen molar-refractivity contribution >= 4 is 11.8 Å². The molecule has 0 bridgehead atoms. The van der Waals surface area contributed by atoms with Crippen LogP contribution < -0.4 is 5.32 Å². The van der Waals surface area contributed by atoms with E-state index in [1.807, 2.05) is 4.90 Å². The molecule has 1 aromatic rings. The van der Waals surface area contributed by atoms with Crippen molar-refractivity contribution < 1.29 is 9.59 Å². The lowest BCUT2D eigenvalue weighted by Gasteiger charge is -2.52. The molecule has 1 N–H and O–H groups in total. The number of hydrogen-bond acceptors (Lipinski definition) is 4. The molecule has 1 aliphatic carbocycles. The molecule has 1 aromatic heterocycles. The fourth-order valence-electron chi connectivity index (χ4n) is 6.50. The summed E-state index contributed by atoms with van der Waals surface area (Å²) < 4.78 is 2.07. The smallest absolute Gasteiger partial charge is 0.246 e. The molecular formula is C27H45N5O2. The molecule has 2 amide bonds. The van der Waals surface area contributed by atoms with Crippen LogP contribution in [-0.4, -0.2) is 62.6 Å². The number of carbonyl (C=O) groups excluding carboxylic acids is 2. The van der Waals surface area contributed by atoms with Crippen molar-refractivity contribution in [2.75, 3.05) is 19.6 Å². The molecule has 7 heteroatoms. The molecule has 34 heavy (non-hydrogen) atoms. The standard InChI is InChI=1S/C27H45N5O2/c1-5-7-15-31-25(33)24(18-22-11-9-8-10-12-22)28-26(34)27(31)13-16-30(17-14-27)19-23-20(3)29-32(6-2)21(23)4/h22,24H,5-19H2,1-4H3,(H,28,34). The Labute approximate surface area is 205 Å². The van der Waals surface area contributed by atoms with Crippen molar-refractivity contribution in [2.45, 2.75) is 117 Å². The molecule has 4 rings (SSSR count). The third-order valence-corrected chi connectivity index (χ3v) is 8.73. The zero-order chi connectivity index (χ0) is 24.3. The van der Waals surface area contributed by atoms with Crippen LogP contribution in [0.3, 0.4) is 0 Å². The van der Waals surface area contributed by atoms with Crippen molar-refractivity contribution in [1.82, 2.24) is 24.9 Å². The van der Waals surface area contributed by atoms with Crippen LogP contribution in [0.1, 0.15) is 95.0 Å². The minimum absolute atomic E-state index is 0.0924. The second-order valence-electron chi connectivity index (χ2n) is 10.9. The van der Waals surface area contributed by atoms with Gasteiger partial charge in [-0.25, -0.2) is 0 Å². The van der Waals surface area contributed by atoms with Gasteiger partial charge in [0.2, 0.25) is 11.8 Å². The van der Waals surface area contributed by atoms with Gasteiger partial charge in [-0.2, -0.15) is 5.10 Å². The number of nitrogens with zero attached hydrogens (tertiary/aromatic N) is 4. The van der Waals surface area contributed by atoms with Crippen LogP contribution in [0.15, 0.2) is 0 Å². The Hall–Kier alpha value is -1.89. The van der Waals surface area contributed by atoms with Crippen molar-refractivity contribution in [3.8, 4) is 0 Å². The molecule has 2 aliphatic heterocycles. The van der Waals surface area contributed by atoms with Gasteiger partial charge in [0.1, 0.15) is 11.6 Å². The van der Waals surface area contributed by atoms with E-state index in [0.717, 1.165) is 51.1 Å². The number of amides is 2. The van der Waals surface area contributed by atoms with Gasteiger partial charge >= 0.3 is 0 Å². The zero-order valence-electron chi connectivity index (χ0n) is 21.9. The highest BCUT2D eigenvalue weighted by atomic mass is 16.2. The van der Waals surface area contributed by atoms with E-state index in [4.69, 9.17) is 0 Å². The number of nitrogens with one attached hydrogen (secondary N) is 1. The highest BCUT2D eigenvalue weighted by Gasteiger charge is 2.53. The zero-order valence-corrected chi connectivity index (χ0v) is 21.9. The first-order valence-corrected chi connectivity index (χ1v) is 13.8. The molecule has 3 fully saturated rings. The van der Waals surface area contributed by atoms with Gasteiger partial charge in [-0.1, -0.05) is 45.4 Å². The number of rotatable bonds is 8. The van der Waals surface area contributed by atoms with Crippen LogP contribution in [-0.2, 0) is 22.7 Å². The molecule has 1 spiro atoms. The minimum Gasteiger partial charge on any atom is -0.342 e. The molecule has 7 nitrogen and oxygen atoms in total. The van der Waals surface area contributed by atoms with E-state index in [1.165, 1.54) is 43.4 Å². The second-order valence-corrected chi connectivity index (χ2v) is 10.9. The summed E-state index contributed by atoms with van der Waals surface area (Å²) >= 11 is 0. The number of likely N-dealkylation sites (tertiary alicyclic amines) is 1.